The molecule has 0 bridgehead atoms. The van der Waals surface area contributed by atoms with E-state index in [1.807, 2.05) is 11.0 Å². The van der Waals surface area contributed by atoms with E-state index in [1.165, 1.54) is 0 Å². The predicted molar refractivity (Wildman–Crippen MR) is 113 cm³/mol. The van der Waals surface area contributed by atoms with Gasteiger partial charge in [-0.05, 0) is 43.5 Å². The highest BCUT2D eigenvalue weighted by Crippen LogP contribution is 2.16. The standard InChI is InChI=1S/C23H27N3O3/c27-21-14-5-2-8-16-26(21)17-9-15-24-23(29)19-12-6-7-13-20(19)25-22(28)18-10-3-1-4-11-18/h1,3-4,6-7,10-13H,2,5,8-9,14-17H2,(H,24,29)(H,25,28). The van der Waals surface area contributed by atoms with Crippen LogP contribution in [-0.4, -0.2) is 42.3 Å². The zero-order chi connectivity index (χ0) is 20.5. The molecule has 1 saturated heterocycles. The summed E-state index contributed by atoms with van der Waals surface area (Å²) in [5.41, 5.74) is 1.43. The van der Waals surface area contributed by atoms with Crippen LogP contribution in [-0.2, 0) is 4.79 Å². The van der Waals surface area contributed by atoms with Gasteiger partial charge in [-0.2, -0.15) is 0 Å². The fourth-order valence-corrected chi connectivity index (χ4v) is 3.42. The molecule has 1 fully saturated rings. The molecular formula is C23H27N3O3. The van der Waals surface area contributed by atoms with Crippen LogP contribution in [0.5, 0.6) is 0 Å². The summed E-state index contributed by atoms with van der Waals surface area (Å²) in [5.74, 6) is -0.288. The molecule has 3 rings (SSSR count). The number of hydrogen-bond donors (Lipinski definition) is 2. The second kappa shape index (κ2) is 10.4. The molecule has 2 aromatic carbocycles. The van der Waals surface area contributed by atoms with Crippen molar-refractivity contribution in [2.75, 3.05) is 25.0 Å². The van der Waals surface area contributed by atoms with Crippen molar-refractivity contribution in [1.29, 1.82) is 0 Å². The van der Waals surface area contributed by atoms with Crippen LogP contribution in [0.25, 0.3) is 0 Å². The van der Waals surface area contributed by atoms with Gasteiger partial charge < -0.3 is 15.5 Å². The maximum Gasteiger partial charge on any atom is 0.255 e. The molecule has 0 unspecified atom stereocenters. The third-order valence-electron chi connectivity index (χ3n) is 5.02. The molecule has 0 atom stereocenters. The SMILES string of the molecule is O=C(Nc1ccccc1C(=O)NCCCN1CCCCCC1=O)c1ccccc1. The lowest BCUT2D eigenvalue weighted by Crippen LogP contribution is -2.34. The minimum atomic E-state index is -0.259. The van der Waals surface area contributed by atoms with Crippen molar-refractivity contribution in [3.8, 4) is 0 Å². The molecule has 0 aliphatic carbocycles. The molecule has 0 aromatic heterocycles. The number of amides is 3. The summed E-state index contributed by atoms with van der Waals surface area (Å²) in [6.07, 6.45) is 4.45. The fraction of sp³-hybridized carbons (Fsp3) is 0.348. The molecule has 1 aliphatic rings. The van der Waals surface area contributed by atoms with Crippen LogP contribution in [0.15, 0.2) is 54.6 Å². The van der Waals surface area contributed by atoms with Crippen LogP contribution in [0.3, 0.4) is 0 Å². The number of hydrogen-bond acceptors (Lipinski definition) is 3. The van der Waals surface area contributed by atoms with E-state index in [1.54, 1.807) is 48.5 Å². The molecule has 0 radical (unpaired) electrons. The predicted octanol–water partition coefficient (Wildman–Crippen LogP) is 3.46. The first-order valence-corrected chi connectivity index (χ1v) is 10.2. The number of carbonyl (C=O) groups is 3. The van der Waals surface area contributed by atoms with E-state index < -0.39 is 0 Å². The third kappa shape index (κ3) is 5.91. The van der Waals surface area contributed by atoms with Crippen molar-refractivity contribution in [3.05, 3.63) is 65.7 Å². The van der Waals surface area contributed by atoms with Gasteiger partial charge in [0.1, 0.15) is 0 Å². The highest BCUT2D eigenvalue weighted by atomic mass is 16.2. The van der Waals surface area contributed by atoms with Crippen LogP contribution in [0.4, 0.5) is 5.69 Å². The molecular weight excluding hydrogens is 366 g/mol. The summed E-state index contributed by atoms with van der Waals surface area (Å²) in [6.45, 7) is 1.94. The Labute approximate surface area is 171 Å². The first kappa shape index (κ1) is 20.6. The third-order valence-corrected chi connectivity index (χ3v) is 5.02. The summed E-state index contributed by atoms with van der Waals surface area (Å²) in [4.78, 5) is 38.9. The summed E-state index contributed by atoms with van der Waals surface area (Å²) in [5, 5.41) is 5.70. The first-order chi connectivity index (χ1) is 14.1. The summed E-state index contributed by atoms with van der Waals surface area (Å²) in [6, 6.07) is 15.8. The zero-order valence-electron chi connectivity index (χ0n) is 16.5. The molecule has 0 spiro atoms. The Morgan fingerprint density at radius 3 is 2.48 bits per heavy atom. The van der Waals surface area contributed by atoms with Gasteiger partial charge in [0.25, 0.3) is 11.8 Å². The van der Waals surface area contributed by atoms with E-state index in [0.717, 1.165) is 25.8 Å². The minimum absolute atomic E-state index is 0.211. The van der Waals surface area contributed by atoms with Crippen LogP contribution in [0.1, 0.15) is 52.8 Å². The van der Waals surface area contributed by atoms with Crippen LogP contribution < -0.4 is 10.6 Å². The molecule has 6 nitrogen and oxygen atoms in total. The summed E-state index contributed by atoms with van der Waals surface area (Å²) in [7, 11) is 0. The van der Waals surface area contributed by atoms with Gasteiger partial charge in [-0.1, -0.05) is 36.8 Å². The Bertz CT molecular complexity index is 851. The van der Waals surface area contributed by atoms with E-state index in [9.17, 15) is 14.4 Å². The van der Waals surface area contributed by atoms with E-state index in [4.69, 9.17) is 0 Å². The lowest BCUT2D eigenvalue weighted by Gasteiger charge is -2.20. The lowest BCUT2D eigenvalue weighted by molar-refractivity contribution is -0.130. The second-order valence-electron chi connectivity index (χ2n) is 7.17. The number of anilines is 1. The van der Waals surface area contributed by atoms with Crippen molar-refractivity contribution >= 4 is 23.4 Å². The number of likely N-dealkylation sites (tertiary alicyclic amines) is 1. The van der Waals surface area contributed by atoms with Gasteiger partial charge in [-0.25, -0.2) is 0 Å². The number of nitrogens with zero attached hydrogens (tertiary/aromatic N) is 1. The molecule has 0 saturated carbocycles. The quantitative estimate of drug-likeness (QED) is 0.707. The molecule has 1 aliphatic heterocycles. The van der Waals surface area contributed by atoms with Crippen molar-refractivity contribution in [3.63, 3.8) is 0 Å². The average Bonchev–Trinajstić information content (AvgIpc) is 2.96. The number of rotatable bonds is 7. The maximum absolute atomic E-state index is 12.6. The van der Waals surface area contributed by atoms with Gasteiger partial charge in [0.15, 0.2) is 0 Å². The smallest absolute Gasteiger partial charge is 0.255 e. The Balaban J connectivity index is 1.53. The normalized spacial score (nSPS) is 14.2. The number of carbonyl (C=O) groups excluding carboxylic acids is 3. The van der Waals surface area contributed by atoms with Gasteiger partial charge >= 0.3 is 0 Å². The Hall–Kier alpha value is -3.15. The molecule has 6 heteroatoms. The van der Waals surface area contributed by atoms with Crippen LogP contribution in [0, 0.1) is 0 Å². The highest BCUT2D eigenvalue weighted by molar-refractivity contribution is 6.08. The number of benzene rings is 2. The first-order valence-electron chi connectivity index (χ1n) is 10.2. The van der Waals surface area contributed by atoms with Crippen molar-refractivity contribution in [2.24, 2.45) is 0 Å². The lowest BCUT2D eigenvalue weighted by atomic mass is 10.1. The Kier molecular flexibility index (Phi) is 7.39. The monoisotopic (exact) mass is 393 g/mol. The fourth-order valence-electron chi connectivity index (χ4n) is 3.42. The van der Waals surface area contributed by atoms with E-state index in [0.29, 0.717) is 42.7 Å². The zero-order valence-corrected chi connectivity index (χ0v) is 16.5. The Morgan fingerprint density at radius 2 is 1.66 bits per heavy atom. The van der Waals surface area contributed by atoms with Gasteiger partial charge in [0.05, 0.1) is 11.3 Å². The van der Waals surface area contributed by atoms with Crippen molar-refractivity contribution in [2.45, 2.75) is 32.1 Å². The van der Waals surface area contributed by atoms with Crippen LogP contribution in [0.2, 0.25) is 0 Å². The van der Waals surface area contributed by atoms with E-state index >= 15 is 0 Å². The van der Waals surface area contributed by atoms with Gasteiger partial charge in [-0.3, -0.25) is 14.4 Å². The van der Waals surface area contributed by atoms with Gasteiger partial charge in [-0.15, -0.1) is 0 Å². The molecule has 2 N–H and O–H groups in total. The topological polar surface area (TPSA) is 78.5 Å². The Morgan fingerprint density at radius 1 is 0.897 bits per heavy atom. The maximum atomic E-state index is 12.6. The molecule has 3 amide bonds. The molecule has 2 aromatic rings. The van der Waals surface area contributed by atoms with Crippen molar-refractivity contribution in [1.82, 2.24) is 10.2 Å². The van der Waals surface area contributed by atoms with E-state index in [-0.39, 0.29) is 17.7 Å². The van der Waals surface area contributed by atoms with Gasteiger partial charge in [0.2, 0.25) is 5.91 Å². The number of nitrogens with one attached hydrogen (secondary N) is 2. The largest absolute Gasteiger partial charge is 0.352 e. The minimum Gasteiger partial charge on any atom is -0.352 e. The number of para-hydroxylation sites is 1. The summed E-state index contributed by atoms with van der Waals surface area (Å²) >= 11 is 0. The average molecular weight is 393 g/mol. The molecule has 1 heterocycles. The molecule has 29 heavy (non-hydrogen) atoms. The molecule has 152 valence electrons. The second-order valence-corrected chi connectivity index (χ2v) is 7.17. The highest BCUT2D eigenvalue weighted by Gasteiger charge is 2.17. The van der Waals surface area contributed by atoms with Crippen molar-refractivity contribution < 1.29 is 14.4 Å². The van der Waals surface area contributed by atoms with Crippen LogP contribution >= 0.6 is 0 Å². The van der Waals surface area contributed by atoms with E-state index in [2.05, 4.69) is 10.6 Å². The van der Waals surface area contributed by atoms with Gasteiger partial charge in [0, 0.05) is 31.6 Å². The summed E-state index contributed by atoms with van der Waals surface area (Å²) < 4.78 is 0.